The molecule has 0 radical (unpaired) electrons. The Hall–Kier alpha value is -4.80. The number of hydrogen-bond acceptors (Lipinski definition) is 9. The molecule has 2 heterocycles. The number of rotatable bonds is 7. The molecule has 2 aromatic carbocycles. The van der Waals surface area contributed by atoms with Gasteiger partial charge in [-0.05, 0) is 75.1 Å². The largest absolute Gasteiger partial charge is 0.396 e. The molecule has 0 aliphatic heterocycles. The predicted octanol–water partition coefficient (Wildman–Crippen LogP) is 5.71. The molecule has 4 aromatic rings. The number of aliphatic hydroxyl groups excluding tert-OH is 1. The van der Waals surface area contributed by atoms with Gasteiger partial charge in [0.1, 0.15) is 0 Å². The van der Waals surface area contributed by atoms with Gasteiger partial charge in [-0.3, -0.25) is 0 Å². The first-order chi connectivity index (χ1) is 23.6. The fraction of sp³-hybridized carbons (Fsp3) is 0.385. The molecule has 2 saturated carbocycles. The summed E-state index contributed by atoms with van der Waals surface area (Å²) < 4.78 is 11.2. The van der Waals surface area contributed by atoms with Gasteiger partial charge < -0.3 is 25.2 Å². The molecule has 48 heavy (non-hydrogen) atoms. The number of nitrogens with one attached hydrogen (secondary N) is 2. The minimum absolute atomic E-state index is 0.0463. The van der Waals surface area contributed by atoms with Crippen LogP contribution < -0.4 is 10.6 Å². The molecule has 9 nitrogen and oxygen atoms in total. The van der Waals surface area contributed by atoms with Crippen molar-refractivity contribution >= 4 is 11.9 Å². The van der Waals surface area contributed by atoms with Crippen molar-refractivity contribution < 1.29 is 14.6 Å². The number of benzene rings is 2. The molecule has 0 bridgehead atoms. The maximum Gasteiger partial charge on any atom is 0.223 e. The Kier molecular flexibility index (Phi) is 13.3. The molecule has 2 atom stereocenters. The lowest BCUT2D eigenvalue weighted by Gasteiger charge is -2.36. The van der Waals surface area contributed by atoms with Crippen LogP contribution in [0.5, 0.6) is 0 Å². The maximum atomic E-state index is 9.17. The third-order valence-corrected chi connectivity index (χ3v) is 8.67. The van der Waals surface area contributed by atoms with E-state index in [9.17, 15) is 5.11 Å². The molecule has 0 amide bonds. The number of anilines is 2. The van der Waals surface area contributed by atoms with Crippen molar-refractivity contribution in [1.82, 2.24) is 19.9 Å². The highest BCUT2D eigenvalue weighted by atomic mass is 16.5. The first-order valence-corrected chi connectivity index (χ1v) is 16.6. The Morgan fingerprint density at radius 2 is 1.04 bits per heavy atom. The molecule has 3 N–H and O–H groups in total. The fourth-order valence-electron chi connectivity index (χ4n) is 5.92. The number of hydrogen-bond donors (Lipinski definition) is 3. The van der Waals surface area contributed by atoms with Crippen LogP contribution in [0.15, 0.2) is 85.5 Å². The minimum Gasteiger partial charge on any atom is -0.396 e. The van der Waals surface area contributed by atoms with E-state index in [-0.39, 0.29) is 18.2 Å². The molecule has 6 rings (SSSR count). The first-order valence-electron chi connectivity index (χ1n) is 16.6. The summed E-state index contributed by atoms with van der Waals surface area (Å²) in [6.07, 6.45) is 14.5. The molecule has 2 unspecified atom stereocenters. The molecule has 2 aliphatic carbocycles. The summed E-state index contributed by atoms with van der Waals surface area (Å²) in [4.78, 5) is 17.5. The number of methoxy groups -OCH3 is 2. The van der Waals surface area contributed by atoms with Crippen molar-refractivity contribution in [3.8, 4) is 23.7 Å². The monoisotopic (exact) mass is 644 g/mol. The Morgan fingerprint density at radius 3 is 1.48 bits per heavy atom. The average molecular weight is 645 g/mol. The Balaban J connectivity index is 0.000000188. The summed E-state index contributed by atoms with van der Waals surface area (Å²) in [5.74, 6) is 14.0. The van der Waals surface area contributed by atoms with E-state index < -0.39 is 0 Å². The van der Waals surface area contributed by atoms with Crippen molar-refractivity contribution in [3.05, 3.63) is 108 Å². The predicted molar refractivity (Wildman–Crippen MR) is 188 cm³/mol. The van der Waals surface area contributed by atoms with Gasteiger partial charge in [0.25, 0.3) is 0 Å². The molecule has 2 aromatic heterocycles. The van der Waals surface area contributed by atoms with Gasteiger partial charge in [-0.15, -0.1) is 0 Å². The average Bonchev–Trinajstić information content (AvgIpc) is 3.16. The van der Waals surface area contributed by atoms with Gasteiger partial charge in [0.15, 0.2) is 0 Å². The number of ether oxygens (including phenoxy) is 2. The van der Waals surface area contributed by atoms with Gasteiger partial charge in [-0.1, -0.05) is 60.1 Å². The summed E-state index contributed by atoms with van der Waals surface area (Å²) in [5, 5.41) is 15.9. The topological polar surface area (TPSA) is 114 Å². The van der Waals surface area contributed by atoms with Crippen LogP contribution in [0.3, 0.4) is 0 Å². The van der Waals surface area contributed by atoms with Crippen LogP contribution in [0.25, 0.3) is 0 Å². The molecule has 0 spiro atoms. The highest BCUT2D eigenvalue weighted by Crippen LogP contribution is 2.26. The fourth-order valence-corrected chi connectivity index (χ4v) is 5.92. The molecular formula is C39H44N6O3. The Morgan fingerprint density at radius 1 is 0.604 bits per heavy atom. The van der Waals surface area contributed by atoms with Crippen LogP contribution in [0.1, 0.15) is 67.2 Å². The Labute approximate surface area is 284 Å². The second-order valence-corrected chi connectivity index (χ2v) is 12.0. The first kappa shape index (κ1) is 34.5. The molecule has 2 fully saturated rings. The van der Waals surface area contributed by atoms with Gasteiger partial charge in [0.05, 0.1) is 29.4 Å². The Bertz CT molecular complexity index is 1630. The van der Waals surface area contributed by atoms with E-state index in [4.69, 9.17) is 9.47 Å². The van der Waals surface area contributed by atoms with E-state index in [0.29, 0.717) is 30.5 Å². The van der Waals surface area contributed by atoms with E-state index in [1.165, 1.54) is 0 Å². The van der Waals surface area contributed by atoms with Crippen molar-refractivity contribution in [2.45, 2.75) is 69.2 Å². The number of nitrogens with zero attached hydrogens (tertiary/aromatic N) is 4. The maximum absolute atomic E-state index is 9.17. The minimum atomic E-state index is 0.0463. The van der Waals surface area contributed by atoms with Crippen LogP contribution in [0, 0.1) is 29.6 Å². The van der Waals surface area contributed by atoms with Gasteiger partial charge >= 0.3 is 0 Å². The summed E-state index contributed by atoms with van der Waals surface area (Å²) in [6, 6.07) is 20.2. The van der Waals surface area contributed by atoms with Gasteiger partial charge in [-0.25, -0.2) is 19.9 Å². The lowest BCUT2D eigenvalue weighted by molar-refractivity contribution is -0.0213. The van der Waals surface area contributed by atoms with E-state index in [1.54, 1.807) is 39.0 Å². The van der Waals surface area contributed by atoms with Crippen LogP contribution in [0.4, 0.5) is 11.9 Å². The highest BCUT2D eigenvalue weighted by Gasteiger charge is 2.34. The van der Waals surface area contributed by atoms with E-state index >= 15 is 0 Å². The lowest BCUT2D eigenvalue weighted by atomic mass is 9.87. The third kappa shape index (κ3) is 10.6. The third-order valence-electron chi connectivity index (χ3n) is 8.67. The highest BCUT2D eigenvalue weighted by molar-refractivity contribution is 5.43. The SMILES string of the molecule is COC1CCCC(OC)C1Nc1ncc(C#Cc2ccccc2)cn1.OCC1CCC(Nc2ncc(C#Cc3ccccc3)cn2)CC1. The zero-order valence-corrected chi connectivity index (χ0v) is 27.7. The van der Waals surface area contributed by atoms with Crippen molar-refractivity contribution in [1.29, 1.82) is 0 Å². The van der Waals surface area contributed by atoms with Crippen molar-refractivity contribution in [2.75, 3.05) is 31.5 Å². The molecule has 0 saturated heterocycles. The van der Waals surface area contributed by atoms with Crippen molar-refractivity contribution in [2.24, 2.45) is 5.92 Å². The van der Waals surface area contributed by atoms with Gasteiger partial charge in [0, 0.05) is 62.8 Å². The summed E-state index contributed by atoms with van der Waals surface area (Å²) in [7, 11) is 3.47. The van der Waals surface area contributed by atoms with Crippen LogP contribution in [-0.2, 0) is 9.47 Å². The summed E-state index contributed by atoms with van der Waals surface area (Å²) in [5.41, 5.74) is 3.54. The second kappa shape index (κ2) is 18.5. The lowest BCUT2D eigenvalue weighted by Crippen LogP contribution is -2.48. The van der Waals surface area contributed by atoms with Crippen LogP contribution >= 0.6 is 0 Å². The molecule has 248 valence electrons. The molecular weight excluding hydrogens is 600 g/mol. The smallest absolute Gasteiger partial charge is 0.223 e. The van der Waals surface area contributed by atoms with Crippen molar-refractivity contribution in [3.63, 3.8) is 0 Å². The van der Waals surface area contributed by atoms with Crippen LogP contribution in [0.2, 0.25) is 0 Å². The van der Waals surface area contributed by atoms with Gasteiger partial charge in [-0.2, -0.15) is 0 Å². The standard InChI is InChI=1S/C20H23N3O2.C19H21N3O/c1-24-17-9-6-10-18(25-2)19(17)23-20-21-13-16(14-22-20)12-11-15-7-4-3-5-8-15;23-14-16-8-10-18(11-9-16)22-19-20-12-17(13-21-19)7-6-15-4-2-1-3-5-15/h3-5,7-8,13-14,17-19H,6,9-10H2,1-2H3,(H,21,22,23);1-5,12-13,16,18,23H,8-11,14H2,(H,20,21,22). The number of aromatic nitrogens is 4. The van der Waals surface area contributed by atoms with Crippen LogP contribution in [-0.4, -0.2) is 70.2 Å². The summed E-state index contributed by atoms with van der Waals surface area (Å²) in [6.45, 7) is 0.304. The quantitative estimate of drug-likeness (QED) is 0.218. The normalized spacial score (nSPS) is 21.6. The zero-order chi connectivity index (χ0) is 33.4. The molecule has 9 heteroatoms. The van der Waals surface area contributed by atoms with E-state index in [0.717, 1.165) is 67.2 Å². The van der Waals surface area contributed by atoms with Gasteiger partial charge in [0.2, 0.25) is 11.9 Å². The van der Waals surface area contributed by atoms with E-state index in [2.05, 4.69) is 54.3 Å². The summed E-state index contributed by atoms with van der Waals surface area (Å²) >= 11 is 0. The molecule has 2 aliphatic rings. The zero-order valence-electron chi connectivity index (χ0n) is 27.7. The second-order valence-electron chi connectivity index (χ2n) is 12.0. The number of aliphatic hydroxyl groups is 1. The van der Waals surface area contributed by atoms with E-state index in [1.807, 2.05) is 60.7 Å².